The number of carbonyl (C=O) groups is 1. The number of aromatic nitrogens is 2. The second-order valence-corrected chi connectivity index (χ2v) is 7.59. The van der Waals surface area contributed by atoms with Crippen LogP contribution in [0.3, 0.4) is 0 Å². The first-order chi connectivity index (χ1) is 13.5. The van der Waals surface area contributed by atoms with Crippen molar-refractivity contribution in [2.45, 2.75) is 32.8 Å². The summed E-state index contributed by atoms with van der Waals surface area (Å²) in [5.41, 5.74) is 1.50. The molecule has 4 rings (SSSR count). The summed E-state index contributed by atoms with van der Waals surface area (Å²) in [6, 6.07) is 5.16. The number of benzene rings is 1. The number of fused-ring (bicyclic) bond motifs is 1. The van der Waals surface area contributed by atoms with Gasteiger partial charge in [0.15, 0.2) is 6.61 Å². The van der Waals surface area contributed by atoms with Crippen LogP contribution in [0.1, 0.15) is 35.1 Å². The number of rotatable bonds is 5. The van der Waals surface area contributed by atoms with E-state index in [0.29, 0.717) is 22.0 Å². The van der Waals surface area contributed by atoms with E-state index in [9.17, 15) is 9.59 Å². The van der Waals surface area contributed by atoms with Gasteiger partial charge in [0.05, 0.1) is 0 Å². The monoisotopic (exact) mass is 401 g/mol. The Bertz CT molecular complexity index is 1080. The normalized spacial score (nSPS) is 16.4. The first kappa shape index (κ1) is 18.6. The minimum atomic E-state index is -0.377. The Morgan fingerprint density at radius 2 is 2.18 bits per heavy atom. The van der Waals surface area contributed by atoms with Crippen LogP contribution >= 0.6 is 11.3 Å². The molecule has 0 aliphatic carbocycles. The van der Waals surface area contributed by atoms with E-state index in [4.69, 9.17) is 13.9 Å². The highest BCUT2D eigenvalue weighted by Gasteiger charge is 2.22. The summed E-state index contributed by atoms with van der Waals surface area (Å²) in [7, 11) is 0. The molecule has 8 nitrogen and oxygen atoms in total. The third kappa shape index (κ3) is 3.76. The number of aryl methyl sites for hydroxylation is 1. The predicted molar refractivity (Wildman–Crippen MR) is 104 cm³/mol. The lowest BCUT2D eigenvalue weighted by molar-refractivity contribution is -0.118. The van der Waals surface area contributed by atoms with Crippen LogP contribution in [0.4, 0.5) is 5.13 Å². The quantitative estimate of drug-likeness (QED) is 0.655. The maximum Gasteiger partial charge on any atom is 0.339 e. The van der Waals surface area contributed by atoms with Gasteiger partial charge < -0.3 is 13.9 Å². The Balaban J connectivity index is 1.39. The van der Waals surface area contributed by atoms with Gasteiger partial charge in [0, 0.05) is 23.6 Å². The Hall–Kier alpha value is -2.78. The SMILES string of the molecule is Cc1c(C)c2ccc(OCC(=O)Nc3nnc(C4CCCO4)s3)cc2oc1=O. The summed E-state index contributed by atoms with van der Waals surface area (Å²) < 4.78 is 16.4. The summed E-state index contributed by atoms with van der Waals surface area (Å²) in [4.78, 5) is 24.0. The van der Waals surface area contributed by atoms with Gasteiger partial charge in [-0.3, -0.25) is 10.1 Å². The average Bonchev–Trinajstić information content (AvgIpc) is 3.36. The number of amides is 1. The van der Waals surface area contributed by atoms with E-state index < -0.39 is 0 Å². The highest BCUT2D eigenvalue weighted by atomic mass is 32.1. The van der Waals surface area contributed by atoms with Gasteiger partial charge >= 0.3 is 5.63 Å². The molecule has 0 saturated carbocycles. The minimum absolute atomic E-state index is 0.0289. The molecule has 3 heterocycles. The highest BCUT2D eigenvalue weighted by molar-refractivity contribution is 7.15. The number of hydrogen-bond acceptors (Lipinski definition) is 8. The molecular weight excluding hydrogens is 382 g/mol. The van der Waals surface area contributed by atoms with Crippen LogP contribution in [-0.4, -0.2) is 29.3 Å². The fourth-order valence-electron chi connectivity index (χ4n) is 3.01. The molecule has 1 unspecified atom stereocenters. The van der Waals surface area contributed by atoms with Crippen molar-refractivity contribution < 1.29 is 18.7 Å². The molecule has 1 saturated heterocycles. The first-order valence-corrected chi connectivity index (χ1v) is 9.74. The van der Waals surface area contributed by atoms with Crippen molar-refractivity contribution in [2.75, 3.05) is 18.5 Å². The maximum absolute atomic E-state index is 12.1. The lowest BCUT2D eigenvalue weighted by Gasteiger charge is -2.08. The summed E-state index contributed by atoms with van der Waals surface area (Å²) in [6.45, 7) is 4.13. The van der Waals surface area contributed by atoms with Gasteiger partial charge in [-0.1, -0.05) is 11.3 Å². The van der Waals surface area contributed by atoms with E-state index in [-0.39, 0.29) is 24.2 Å². The molecule has 1 atom stereocenters. The third-order valence-corrected chi connectivity index (χ3v) is 5.62. The number of carbonyl (C=O) groups excluding carboxylic acids is 1. The fourth-order valence-corrected chi connectivity index (χ4v) is 3.85. The minimum Gasteiger partial charge on any atom is -0.484 e. The second kappa shape index (κ2) is 7.69. The molecule has 1 aromatic carbocycles. The smallest absolute Gasteiger partial charge is 0.339 e. The summed E-state index contributed by atoms with van der Waals surface area (Å²) in [5.74, 6) is 0.0861. The van der Waals surface area contributed by atoms with E-state index in [1.54, 1.807) is 19.1 Å². The summed E-state index contributed by atoms with van der Waals surface area (Å²) in [6.07, 6.45) is 1.90. The van der Waals surface area contributed by atoms with Crippen LogP contribution in [0.25, 0.3) is 11.0 Å². The second-order valence-electron chi connectivity index (χ2n) is 6.58. The molecule has 9 heteroatoms. The zero-order valence-corrected chi connectivity index (χ0v) is 16.3. The lowest BCUT2D eigenvalue weighted by Crippen LogP contribution is -2.20. The number of hydrogen-bond donors (Lipinski definition) is 1. The Kier molecular flexibility index (Phi) is 5.10. The molecule has 1 aliphatic heterocycles. The molecule has 3 aromatic rings. The van der Waals surface area contributed by atoms with Crippen LogP contribution in [0.15, 0.2) is 27.4 Å². The molecule has 0 bridgehead atoms. The van der Waals surface area contributed by atoms with E-state index in [0.717, 1.165) is 35.4 Å². The van der Waals surface area contributed by atoms with Gasteiger partial charge in [-0.2, -0.15) is 0 Å². The van der Waals surface area contributed by atoms with Crippen molar-refractivity contribution in [3.05, 3.63) is 44.8 Å². The van der Waals surface area contributed by atoms with E-state index in [1.807, 2.05) is 13.0 Å². The molecule has 1 fully saturated rings. The topological polar surface area (TPSA) is 104 Å². The summed E-state index contributed by atoms with van der Waals surface area (Å²) in [5, 5.41) is 12.7. The Morgan fingerprint density at radius 3 is 2.96 bits per heavy atom. The van der Waals surface area contributed by atoms with Gasteiger partial charge in [0.2, 0.25) is 5.13 Å². The first-order valence-electron chi connectivity index (χ1n) is 8.93. The number of ether oxygens (including phenoxy) is 2. The highest BCUT2D eigenvalue weighted by Crippen LogP contribution is 2.31. The number of nitrogens with zero attached hydrogens (tertiary/aromatic N) is 2. The molecule has 1 aliphatic rings. The average molecular weight is 401 g/mol. The molecule has 0 radical (unpaired) electrons. The van der Waals surface area contributed by atoms with Gasteiger partial charge in [-0.25, -0.2) is 4.79 Å². The largest absolute Gasteiger partial charge is 0.484 e. The molecule has 1 amide bonds. The zero-order chi connectivity index (χ0) is 19.7. The lowest BCUT2D eigenvalue weighted by atomic mass is 10.1. The number of anilines is 1. The predicted octanol–water partition coefficient (Wildman–Crippen LogP) is 3.13. The van der Waals surface area contributed by atoms with Crippen molar-refractivity contribution >= 4 is 33.3 Å². The van der Waals surface area contributed by atoms with Crippen LogP contribution in [0, 0.1) is 13.8 Å². The van der Waals surface area contributed by atoms with Gasteiger partial charge in [-0.05, 0) is 44.4 Å². The van der Waals surface area contributed by atoms with E-state index in [1.165, 1.54) is 11.3 Å². The molecule has 2 aromatic heterocycles. The summed E-state index contributed by atoms with van der Waals surface area (Å²) >= 11 is 1.30. The maximum atomic E-state index is 12.1. The van der Waals surface area contributed by atoms with E-state index >= 15 is 0 Å². The van der Waals surface area contributed by atoms with Crippen LogP contribution in [-0.2, 0) is 9.53 Å². The van der Waals surface area contributed by atoms with Crippen molar-refractivity contribution in [1.82, 2.24) is 10.2 Å². The molecule has 28 heavy (non-hydrogen) atoms. The Morgan fingerprint density at radius 1 is 1.32 bits per heavy atom. The zero-order valence-electron chi connectivity index (χ0n) is 15.5. The Labute approximate surface area is 164 Å². The molecular formula is C19H19N3O5S. The molecule has 0 spiro atoms. The van der Waals surface area contributed by atoms with Crippen molar-refractivity contribution in [3.63, 3.8) is 0 Å². The third-order valence-electron chi connectivity index (χ3n) is 4.69. The van der Waals surface area contributed by atoms with Gasteiger partial charge in [-0.15, -0.1) is 10.2 Å². The molecule has 146 valence electrons. The van der Waals surface area contributed by atoms with Gasteiger partial charge in [0.1, 0.15) is 22.4 Å². The number of nitrogens with one attached hydrogen (secondary N) is 1. The van der Waals surface area contributed by atoms with Crippen LogP contribution in [0.2, 0.25) is 0 Å². The van der Waals surface area contributed by atoms with Crippen molar-refractivity contribution in [1.29, 1.82) is 0 Å². The van der Waals surface area contributed by atoms with Crippen LogP contribution < -0.4 is 15.7 Å². The van der Waals surface area contributed by atoms with Crippen LogP contribution in [0.5, 0.6) is 5.75 Å². The fraction of sp³-hybridized carbons (Fsp3) is 0.368. The van der Waals surface area contributed by atoms with Gasteiger partial charge in [0.25, 0.3) is 5.91 Å². The van der Waals surface area contributed by atoms with Crippen molar-refractivity contribution in [2.24, 2.45) is 0 Å². The standard InChI is InChI=1S/C19H19N3O5S/c1-10-11(2)18(24)27-15-8-12(5-6-13(10)15)26-9-16(23)20-19-22-21-17(28-19)14-4-3-7-25-14/h5-6,8,14H,3-4,7,9H2,1-2H3,(H,20,22,23). The van der Waals surface area contributed by atoms with E-state index in [2.05, 4.69) is 15.5 Å². The molecule has 1 N–H and O–H groups in total. The van der Waals surface area contributed by atoms with Crippen molar-refractivity contribution in [3.8, 4) is 5.75 Å².